The van der Waals surface area contributed by atoms with Gasteiger partial charge in [-0.2, -0.15) is 0 Å². The number of fused-ring (bicyclic) bond motifs is 1. The van der Waals surface area contributed by atoms with Gasteiger partial charge in [-0.15, -0.1) is 0 Å². The first kappa shape index (κ1) is 20.0. The van der Waals surface area contributed by atoms with Crippen molar-refractivity contribution in [3.05, 3.63) is 114 Å². The third-order valence-electron chi connectivity index (χ3n) is 6.43. The number of ether oxygens (including phenoxy) is 1. The number of aliphatic carboxylic acids is 1. The smallest absolute Gasteiger partial charge is 0.315 e. The number of hydrogen-bond acceptors (Lipinski definition) is 3. The molecule has 32 heavy (non-hydrogen) atoms. The van der Waals surface area contributed by atoms with E-state index < -0.39 is 35.6 Å². The lowest BCUT2D eigenvalue weighted by atomic mass is 9.52. The maximum absolute atomic E-state index is 13.6. The van der Waals surface area contributed by atoms with Crippen molar-refractivity contribution < 1.29 is 19.4 Å². The molecule has 0 radical (unpaired) electrons. The minimum atomic E-state index is -0.901. The van der Waals surface area contributed by atoms with Crippen molar-refractivity contribution in [2.24, 2.45) is 11.8 Å². The highest BCUT2D eigenvalue weighted by Gasteiger charge is 2.59. The molecule has 0 aromatic heterocycles. The third-order valence-corrected chi connectivity index (χ3v) is 6.43. The lowest BCUT2D eigenvalue weighted by Gasteiger charge is -2.49. The van der Waals surface area contributed by atoms with Crippen LogP contribution >= 0.6 is 0 Å². The predicted molar refractivity (Wildman–Crippen MR) is 123 cm³/mol. The summed E-state index contributed by atoms with van der Waals surface area (Å²) in [5.41, 5.74) is 1.68. The SMILES string of the molecule is O=C(O)C1[C@H](c2ccccc2)C(C(=O)Oc2cccc3ccccc23)[C@H]1c1ccccc1. The Bertz CT molecular complexity index is 1210. The molecule has 0 aliphatic heterocycles. The first-order chi connectivity index (χ1) is 15.6. The molecule has 4 heteroatoms. The lowest BCUT2D eigenvalue weighted by Crippen LogP contribution is -2.52. The van der Waals surface area contributed by atoms with Crippen LogP contribution in [0.1, 0.15) is 23.0 Å². The zero-order valence-corrected chi connectivity index (χ0v) is 17.3. The van der Waals surface area contributed by atoms with Crippen molar-refractivity contribution in [1.82, 2.24) is 0 Å². The molecule has 0 saturated heterocycles. The van der Waals surface area contributed by atoms with Crippen LogP contribution in [0.2, 0.25) is 0 Å². The molecule has 0 spiro atoms. The van der Waals surface area contributed by atoms with Gasteiger partial charge >= 0.3 is 11.9 Å². The van der Waals surface area contributed by atoms with Crippen molar-refractivity contribution in [3.63, 3.8) is 0 Å². The normalized spacial score (nSPS) is 22.1. The van der Waals surface area contributed by atoms with E-state index in [2.05, 4.69) is 0 Å². The van der Waals surface area contributed by atoms with Gasteiger partial charge in [0.25, 0.3) is 0 Å². The van der Waals surface area contributed by atoms with Gasteiger partial charge in [-0.25, -0.2) is 0 Å². The zero-order chi connectivity index (χ0) is 22.1. The lowest BCUT2D eigenvalue weighted by molar-refractivity contribution is -0.158. The topological polar surface area (TPSA) is 63.6 Å². The fourth-order valence-electron chi connectivity index (χ4n) is 4.99. The molecule has 0 amide bonds. The second kappa shape index (κ2) is 8.31. The summed E-state index contributed by atoms with van der Waals surface area (Å²) < 4.78 is 5.93. The molecule has 1 aliphatic rings. The van der Waals surface area contributed by atoms with E-state index in [1.807, 2.05) is 97.1 Å². The van der Waals surface area contributed by atoms with Crippen molar-refractivity contribution in [2.45, 2.75) is 11.8 Å². The Morgan fingerprint density at radius 3 is 1.75 bits per heavy atom. The molecule has 158 valence electrons. The number of hydrogen-bond donors (Lipinski definition) is 1. The number of carboxylic acids is 1. The summed E-state index contributed by atoms with van der Waals surface area (Å²) in [5, 5.41) is 11.9. The van der Waals surface area contributed by atoms with E-state index in [0.29, 0.717) is 5.75 Å². The summed E-state index contributed by atoms with van der Waals surface area (Å²) in [6.45, 7) is 0. The molecule has 0 unspecified atom stereocenters. The molecule has 0 bridgehead atoms. The maximum Gasteiger partial charge on any atom is 0.315 e. The van der Waals surface area contributed by atoms with E-state index in [0.717, 1.165) is 21.9 Å². The third kappa shape index (κ3) is 3.44. The minimum Gasteiger partial charge on any atom is -0.481 e. The highest BCUT2D eigenvalue weighted by Crippen LogP contribution is 2.58. The maximum atomic E-state index is 13.6. The van der Waals surface area contributed by atoms with Gasteiger partial charge in [-0.05, 0) is 22.6 Å². The largest absolute Gasteiger partial charge is 0.481 e. The average molecular weight is 422 g/mol. The van der Waals surface area contributed by atoms with E-state index in [9.17, 15) is 14.7 Å². The quantitative estimate of drug-likeness (QED) is 0.334. The Morgan fingerprint density at radius 1 is 0.625 bits per heavy atom. The first-order valence-electron chi connectivity index (χ1n) is 10.7. The molecule has 1 aliphatic carbocycles. The molecular weight excluding hydrogens is 400 g/mol. The highest BCUT2D eigenvalue weighted by molar-refractivity contribution is 5.92. The number of rotatable bonds is 5. The number of carbonyl (C=O) groups is 2. The van der Waals surface area contributed by atoms with Crippen LogP contribution in [0.4, 0.5) is 0 Å². The van der Waals surface area contributed by atoms with Gasteiger partial charge in [0.2, 0.25) is 0 Å². The van der Waals surface area contributed by atoms with Crippen LogP contribution in [-0.2, 0) is 9.59 Å². The highest BCUT2D eigenvalue weighted by atomic mass is 16.5. The molecule has 4 aromatic carbocycles. The fourth-order valence-corrected chi connectivity index (χ4v) is 4.99. The van der Waals surface area contributed by atoms with Gasteiger partial charge in [0.15, 0.2) is 0 Å². The minimum absolute atomic E-state index is 0.401. The van der Waals surface area contributed by atoms with Gasteiger partial charge in [0.05, 0.1) is 11.8 Å². The van der Waals surface area contributed by atoms with E-state index in [-0.39, 0.29) is 0 Å². The Balaban J connectivity index is 1.55. The molecule has 2 atom stereocenters. The van der Waals surface area contributed by atoms with Crippen LogP contribution in [0.15, 0.2) is 103 Å². The Kier molecular flexibility index (Phi) is 5.20. The number of carbonyl (C=O) groups excluding carboxylic acids is 1. The first-order valence-corrected chi connectivity index (χ1v) is 10.7. The molecular formula is C28H22O4. The number of carboxylic acid groups (broad SMARTS) is 1. The van der Waals surface area contributed by atoms with Gasteiger partial charge in [0.1, 0.15) is 5.75 Å². The van der Waals surface area contributed by atoms with Crippen molar-refractivity contribution in [1.29, 1.82) is 0 Å². The van der Waals surface area contributed by atoms with Crippen LogP contribution in [0, 0.1) is 11.8 Å². The number of esters is 1. The Hall–Kier alpha value is -3.92. The summed E-state index contributed by atoms with van der Waals surface area (Å²) in [6, 6.07) is 32.2. The molecule has 4 nitrogen and oxygen atoms in total. The van der Waals surface area contributed by atoms with Crippen molar-refractivity contribution >= 4 is 22.7 Å². The molecule has 4 aromatic rings. The predicted octanol–water partition coefficient (Wildman–Crippen LogP) is 5.64. The Morgan fingerprint density at radius 2 is 1.16 bits per heavy atom. The molecule has 0 heterocycles. The standard InChI is InChI=1S/C28H22O4/c29-27(30)25-23(19-11-3-1-4-12-19)26(24(25)20-13-5-2-6-14-20)28(31)32-22-17-9-15-18-10-7-8-16-21(18)22/h1-17,23-26H,(H,29,30)/t23-,24-,25?,26?/m0/s1. The van der Waals surface area contributed by atoms with Crippen LogP contribution in [0.25, 0.3) is 10.8 Å². The van der Waals surface area contributed by atoms with Crippen LogP contribution < -0.4 is 4.74 Å². The van der Waals surface area contributed by atoms with Crippen LogP contribution in [0.5, 0.6) is 5.75 Å². The van der Waals surface area contributed by atoms with Crippen LogP contribution in [0.3, 0.4) is 0 Å². The van der Waals surface area contributed by atoms with Gasteiger partial charge in [0, 0.05) is 17.2 Å². The summed E-state index contributed by atoms with van der Waals surface area (Å²) in [4.78, 5) is 25.9. The second-order valence-electron chi connectivity index (χ2n) is 8.16. The van der Waals surface area contributed by atoms with E-state index in [4.69, 9.17) is 4.74 Å². The van der Waals surface area contributed by atoms with E-state index >= 15 is 0 Å². The van der Waals surface area contributed by atoms with Crippen molar-refractivity contribution in [2.75, 3.05) is 0 Å². The summed E-state index contributed by atoms with van der Waals surface area (Å²) in [5.74, 6) is -3.03. The average Bonchev–Trinajstić information content (AvgIpc) is 2.80. The Labute approximate surface area is 186 Å². The molecule has 1 N–H and O–H groups in total. The summed E-state index contributed by atoms with van der Waals surface area (Å²) in [7, 11) is 0. The van der Waals surface area contributed by atoms with E-state index in [1.165, 1.54) is 0 Å². The van der Waals surface area contributed by atoms with Crippen molar-refractivity contribution in [3.8, 4) is 5.75 Å². The van der Waals surface area contributed by atoms with Crippen LogP contribution in [-0.4, -0.2) is 17.0 Å². The summed E-state index contributed by atoms with van der Waals surface area (Å²) >= 11 is 0. The number of benzene rings is 4. The van der Waals surface area contributed by atoms with Gasteiger partial charge < -0.3 is 9.84 Å². The van der Waals surface area contributed by atoms with E-state index in [1.54, 1.807) is 6.07 Å². The molecule has 5 rings (SSSR count). The second-order valence-corrected chi connectivity index (χ2v) is 8.16. The molecule has 1 fully saturated rings. The molecule has 1 saturated carbocycles. The summed E-state index contributed by atoms with van der Waals surface area (Å²) in [6.07, 6.45) is 0. The fraction of sp³-hybridized carbons (Fsp3) is 0.143. The zero-order valence-electron chi connectivity index (χ0n) is 17.3. The monoisotopic (exact) mass is 422 g/mol. The van der Waals surface area contributed by atoms with Gasteiger partial charge in [-0.1, -0.05) is 97.1 Å². The van der Waals surface area contributed by atoms with Gasteiger partial charge in [-0.3, -0.25) is 9.59 Å².